The van der Waals surface area contributed by atoms with Crippen LogP contribution in [0.3, 0.4) is 0 Å². The third-order valence-electron chi connectivity index (χ3n) is 3.36. The van der Waals surface area contributed by atoms with E-state index in [1.807, 2.05) is 24.0 Å². The molecule has 1 aromatic carbocycles. The van der Waals surface area contributed by atoms with Gasteiger partial charge in [0, 0.05) is 12.2 Å². The molecule has 4 heteroatoms. The van der Waals surface area contributed by atoms with Crippen molar-refractivity contribution in [2.45, 2.75) is 13.3 Å². The summed E-state index contributed by atoms with van der Waals surface area (Å²) >= 11 is 0. The average molecular weight is 243 g/mol. The second-order valence-electron chi connectivity index (χ2n) is 4.57. The van der Waals surface area contributed by atoms with Gasteiger partial charge in [0.05, 0.1) is 11.9 Å². The van der Waals surface area contributed by atoms with Gasteiger partial charge in [-0.15, -0.1) is 0 Å². The van der Waals surface area contributed by atoms with Gasteiger partial charge in [-0.1, -0.05) is 6.07 Å². The molecule has 1 aliphatic heterocycles. The molecule has 0 saturated heterocycles. The van der Waals surface area contributed by atoms with Gasteiger partial charge < -0.3 is 10.6 Å². The van der Waals surface area contributed by atoms with E-state index >= 15 is 0 Å². The molecule has 0 fully saturated rings. The van der Waals surface area contributed by atoms with Crippen molar-refractivity contribution < 1.29 is 4.39 Å². The fourth-order valence-corrected chi connectivity index (χ4v) is 2.29. The Kier molecular flexibility index (Phi) is 2.44. The van der Waals surface area contributed by atoms with Crippen molar-refractivity contribution in [2.75, 3.05) is 17.2 Å². The van der Waals surface area contributed by atoms with Crippen LogP contribution >= 0.6 is 0 Å². The summed E-state index contributed by atoms with van der Waals surface area (Å²) in [6, 6.07) is 6.85. The van der Waals surface area contributed by atoms with Gasteiger partial charge in [0.2, 0.25) is 0 Å². The molecule has 2 aromatic rings. The number of halogens is 1. The fourth-order valence-electron chi connectivity index (χ4n) is 2.29. The first kappa shape index (κ1) is 11.0. The Labute approximate surface area is 105 Å². The Morgan fingerprint density at radius 2 is 2.17 bits per heavy atom. The van der Waals surface area contributed by atoms with Crippen LogP contribution in [0.15, 0.2) is 30.5 Å². The highest BCUT2D eigenvalue weighted by atomic mass is 19.1. The van der Waals surface area contributed by atoms with Crippen molar-refractivity contribution >= 4 is 17.2 Å². The molecule has 18 heavy (non-hydrogen) atoms. The number of hydrogen-bond acceptors (Lipinski definition) is 3. The van der Waals surface area contributed by atoms with Crippen LogP contribution in [0.1, 0.15) is 11.1 Å². The Bertz CT molecular complexity index is 610. The second-order valence-corrected chi connectivity index (χ2v) is 4.57. The van der Waals surface area contributed by atoms with Crippen molar-refractivity contribution in [3.8, 4) is 0 Å². The number of benzene rings is 1. The van der Waals surface area contributed by atoms with Crippen molar-refractivity contribution in [2.24, 2.45) is 0 Å². The zero-order chi connectivity index (χ0) is 12.7. The Balaban J connectivity index is 2.05. The molecule has 0 aliphatic carbocycles. The molecule has 0 spiro atoms. The largest absolute Gasteiger partial charge is 0.397 e. The number of rotatable bonds is 1. The molecule has 2 heterocycles. The molecular weight excluding hydrogens is 229 g/mol. The number of aromatic nitrogens is 1. The van der Waals surface area contributed by atoms with E-state index in [0.717, 1.165) is 35.6 Å². The van der Waals surface area contributed by atoms with E-state index in [4.69, 9.17) is 5.73 Å². The number of nitrogens with two attached hydrogens (primary N) is 1. The number of pyridine rings is 1. The van der Waals surface area contributed by atoms with Crippen LogP contribution in [-0.2, 0) is 6.42 Å². The summed E-state index contributed by atoms with van der Waals surface area (Å²) in [5.41, 5.74) is 9.50. The Morgan fingerprint density at radius 3 is 2.94 bits per heavy atom. The lowest BCUT2D eigenvalue weighted by molar-refractivity contribution is 0.628. The van der Waals surface area contributed by atoms with Crippen LogP contribution in [0, 0.1) is 12.7 Å². The van der Waals surface area contributed by atoms with Crippen LogP contribution in [0.2, 0.25) is 0 Å². The van der Waals surface area contributed by atoms with E-state index in [1.54, 1.807) is 12.3 Å². The quantitative estimate of drug-likeness (QED) is 0.837. The highest BCUT2D eigenvalue weighted by molar-refractivity contribution is 5.69. The third kappa shape index (κ3) is 1.70. The van der Waals surface area contributed by atoms with Crippen LogP contribution in [0.4, 0.5) is 21.6 Å². The van der Waals surface area contributed by atoms with E-state index < -0.39 is 0 Å². The van der Waals surface area contributed by atoms with Gasteiger partial charge in [0.1, 0.15) is 11.6 Å². The topological polar surface area (TPSA) is 42.2 Å². The lowest BCUT2D eigenvalue weighted by Crippen LogP contribution is -2.15. The van der Waals surface area contributed by atoms with E-state index in [-0.39, 0.29) is 5.82 Å². The van der Waals surface area contributed by atoms with Crippen molar-refractivity contribution in [1.82, 2.24) is 4.98 Å². The maximum absolute atomic E-state index is 13.3. The number of aryl methyl sites for hydroxylation is 1. The molecule has 0 bridgehead atoms. The molecule has 1 aliphatic rings. The Morgan fingerprint density at radius 1 is 1.33 bits per heavy atom. The SMILES string of the molecule is Cc1cc(N2CCc3ccc(F)cc32)ncc1N. The summed E-state index contributed by atoms with van der Waals surface area (Å²) in [6.07, 6.45) is 2.57. The van der Waals surface area contributed by atoms with Gasteiger partial charge in [-0.25, -0.2) is 9.37 Å². The van der Waals surface area contributed by atoms with E-state index in [9.17, 15) is 4.39 Å². The number of nitrogen functional groups attached to an aromatic ring is 1. The molecule has 3 nitrogen and oxygen atoms in total. The van der Waals surface area contributed by atoms with Crippen LogP contribution in [0.5, 0.6) is 0 Å². The van der Waals surface area contributed by atoms with E-state index in [2.05, 4.69) is 4.98 Å². The molecular formula is C14H14FN3. The summed E-state index contributed by atoms with van der Waals surface area (Å²) in [6.45, 7) is 2.78. The predicted molar refractivity (Wildman–Crippen MR) is 70.5 cm³/mol. The lowest BCUT2D eigenvalue weighted by atomic mass is 10.1. The number of nitrogens with zero attached hydrogens (tertiary/aromatic N) is 2. The molecule has 2 N–H and O–H groups in total. The normalized spacial score (nSPS) is 13.8. The first-order valence-corrected chi connectivity index (χ1v) is 5.93. The minimum absolute atomic E-state index is 0.215. The maximum atomic E-state index is 13.3. The maximum Gasteiger partial charge on any atom is 0.133 e. The van der Waals surface area contributed by atoms with Crippen LogP contribution in [-0.4, -0.2) is 11.5 Å². The van der Waals surface area contributed by atoms with Crippen molar-refractivity contribution in [3.05, 3.63) is 47.4 Å². The highest BCUT2D eigenvalue weighted by Crippen LogP contribution is 2.34. The zero-order valence-electron chi connectivity index (χ0n) is 10.2. The summed E-state index contributed by atoms with van der Waals surface area (Å²) in [5, 5.41) is 0. The summed E-state index contributed by atoms with van der Waals surface area (Å²) in [4.78, 5) is 6.36. The molecule has 92 valence electrons. The number of hydrogen-bond donors (Lipinski definition) is 1. The lowest BCUT2D eigenvalue weighted by Gasteiger charge is -2.19. The smallest absolute Gasteiger partial charge is 0.133 e. The second kappa shape index (κ2) is 3.98. The standard InChI is InChI=1S/C14H14FN3/c1-9-6-14(17-8-12(9)16)18-5-4-10-2-3-11(15)7-13(10)18/h2-3,6-8H,4-5,16H2,1H3. The first-order chi connectivity index (χ1) is 8.65. The molecule has 3 rings (SSSR count). The van der Waals surface area contributed by atoms with Crippen LogP contribution in [0.25, 0.3) is 0 Å². The summed E-state index contributed by atoms with van der Waals surface area (Å²) in [7, 11) is 0. The molecule has 0 radical (unpaired) electrons. The molecule has 0 amide bonds. The van der Waals surface area contributed by atoms with Gasteiger partial charge in [-0.05, 0) is 42.7 Å². The zero-order valence-corrected chi connectivity index (χ0v) is 10.2. The minimum atomic E-state index is -0.215. The summed E-state index contributed by atoms with van der Waals surface area (Å²) in [5.74, 6) is 0.610. The average Bonchev–Trinajstić information content (AvgIpc) is 2.75. The third-order valence-corrected chi connectivity index (χ3v) is 3.36. The molecule has 1 aromatic heterocycles. The molecule has 0 atom stereocenters. The molecule has 0 saturated carbocycles. The van der Waals surface area contributed by atoms with Crippen molar-refractivity contribution in [1.29, 1.82) is 0 Å². The van der Waals surface area contributed by atoms with E-state index in [1.165, 1.54) is 6.07 Å². The van der Waals surface area contributed by atoms with Gasteiger partial charge in [-0.3, -0.25) is 0 Å². The van der Waals surface area contributed by atoms with E-state index in [0.29, 0.717) is 5.69 Å². The van der Waals surface area contributed by atoms with Gasteiger partial charge in [0.25, 0.3) is 0 Å². The Hall–Kier alpha value is -2.10. The van der Waals surface area contributed by atoms with Crippen LogP contribution < -0.4 is 10.6 Å². The van der Waals surface area contributed by atoms with Gasteiger partial charge >= 0.3 is 0 Å². The van der Waals surface area contributed by atoms with Gasteiger partial charge in [-0.2, -0.15) is 0 Å². The number of anilines is 3. The summed E-state index contributed by atoms with van der Waals surface area (Å²) < 4.78 is 13.3. The number of fused-ring (bicyclic) bond motifs is 1. The van der Waals surface area contributed by atoms with Gasteiger partial charge in [0.15, 0.2) is 0 Å². The monoisotopic (exact) mass is 243 g/mol. The first-order valence-electron chi connectivity index (χ1n) is 5.93. The molecule has 0 unspecified atom stereocenters. The fraction of sp³-hybridized carbons (Fsp3) is 0.214. The highest BCUT2D eigenvalue weighted by Gasteiger charge is 2.22. The van der Waals surface area contributed by atoms with Crippen molar-refractivity contribution in [3.63, 3.8) is 0 Å². The predicted octanol–water partition coefficient (Wildman–Crippen LogP) is 2.81. The minimum Gasteiger partial charge on any atom is -0.397 e.